The van der Waals surface area contributed by atoms with Crippen molar-refractivity contribution >= 4 is 34.1 Å². The summed E-state index contributed by atoms with van der Waals surface area (Å²) in [5, 5.41) is 5.52. The topological polar surface area (TPSA) is 67.7 Å². The third-order valence-corrected chi connectivity index (χ3v) is 9.52. The molecule has 2 atom stereocenters. The first kappa shape index (κ1) is 27.0. The minimum absolute atomic E-state index is 0.0134. The molecule has 3 aromatic rings. The van der Waals surface area contributed by atoms with Gasteiger partial charge in [0.05, 0.1) is 35.7 Å². The summed E-state index contributed by atoms with van der Waals surface area (Å²) in [7, 11) is 1.94. The lowest BCUT2D eigenvalue weighted by Gasteiger charge is -2.41. The Hall–Kier alpha value is -3.19. The van der Waals surface area contributed by atoms with Gasteiger partial charge in [0, 0.05) is 25.9 Å². The van der Waals surface area contributed by atoms with Crippen molar-refractivity contribution in [1.82, 2.24) is 9.78 Å². The van der Waals surface area contributed by atoms with E-state index in [1.807, 2.05) is 46.8 Å². The van der Waals surface area contributed by atoms with E-state index in [0.29, 0.717) is 13.2 Å². The SMILES string of the molecule is CC(=O)N1c2ccc(-c3cccc4c3cnn4C)cc2N(C(=O)C2CC3(CCCCCCCCC3)CO2)C[C@@H]1C. The Morgan fingerprint density at radius 1 is 0.975 bits per heavy atom. The number of rotatable bonds is 2. The van der Waals surface area contributed by atoms with E-state index < -0.39 is 6.10 Å². The van der Waals surface area contributed by atoms with E-state index in [0.717, 1.165) is 52.7 Å². The van der Waals surface area contributed by atoms with Crippen LogP contribution in [0.15, 0.2) is 42.6 Å². The Balaban J connectivity index is 1.34. The van der Waals surface area contributed by atoms with Crippen molar-refractivity contribution in [2.75, 3.05) is 23.0 Å². The molecule has 0 N–H and O–H groups in total. The number of ether oxygens (including phenoxy) is 1. The highest BCUT2D eigenvalue weighted by Crippen LogP contribution is 2.45. The van der Waals surface area contributed by atoms with E-state index in [1.165, 1.54) is 44.9 Å². The van der Waals surface area contributed by atoms with Gasteiger partial charge in [-0.25, -0.2) is 0 Å². The molecule has 2 fully saturated rings. The van der Waals surface area contributed by atoms with Crippen LogP contribution >= 0.6 is 0 Å². The summed E-state index contributed by atoms with van der Waals surface area (Å²) in [6.45, 7) is 4.76. The molecule has 40 heavy (non-hydrogen) atoms. The second kappa shape index (κ2) is 11.0. The Bertz CT molecular complexity index is 1400. The molecule has 1 aromatic heterocycles. The maximum Gasteiger partial charge on any atom is 0.256 e. The molecule has 3 aliphatic rings. The molecule has 1 unspecified atom stereocenters. The van der Waals surface area contributed by atoms with Crippen molar-refractivity contribution in [2.45, 2.75) is 90.2 Å². The minimum atomic E-state index is -0.433. The van der Waals surface area contributed by atoms with Gasteiger partial charge in [0.2, 0.25) is 5.91 Å². The summed E-state index contributed by atoms with van der Waals surface area (Å²) in [6, 6.07) is 12.2. The first-order valence-electron chi connectivity index (χ1n) is 15.1. The molecule has 1 aliphatic carbocycles. The zero-order valence-electron chi connectivity index (χ0n) is 24.2. The number of hydrogen-bond acceptors (Lipinski definition) is 4. The fraction of sp³-hybridized carbons (Fsp3) is 0.545. The molecular weight excluding hydrogens is 500 g/mol. The van der Waals surface area contributed by atoms with Crippen LogP contribution in [0.3, 0.4) is 0 Å². The molecule has 1 saturated heterocycles. The van der Waals surface area contributed by atoms with Crippen LogP contribution in [0.1, 0.15) is 78.1 Å². The number of anilines is 2. The summed E-state index contributed by atoms with van der Waals surface area (Å²) >= 11 is 0. The minimum Gasteiger partial charge on any atom is -0.368 e. The fourth-order valence-electron chi connectivity index (χ4n) is 7.39. The lowest BCUT2D eigenvalue weighted by Crippen LogP contribution is -2.53. The highest BCUT2D eigenvalue weighted by atomic mass is 16.5. The summed E-state index contributed by atoms with van der Waals surface area (Å²) in [5.41, 5.74) is 4.80. The number of aromatic nitrogens is 2. The predicted molar refractivity (Wildman–Crippen MR) is 159 cm³/mol. The molecule has 3 heterocycles. The van der Waals surface area contributed by atoms with Gasteiger partial charge < -0.3 is 14.5 Å². The van der Waals surface area contributed by atoms with Crippen molar-refractivity contribution in [2.24, 2.45) is 12.5 Å². The van der Waals surface area contributed by atoms with Crippen LogP contribution in [0, 0.1) is 5.41 Å². The predicted octanol–water partition coefficient (Wildman–Crippen LogP) is 6.63. The third-order valence-electron chi connectivity index (χ3n) is 9.52. The third kappa shape index (κ3) is 4.93. The average Bonchev–Trinajstić information content (AvgIpc) is 3.55. The molecule has 212 valence electrons. The van der Waals surface area contributed by atoms with E-state index >= 15 is 0 Å². The summed E-state index contributed by atoms with van der Waals surface area (Å²) in [4.78, 5) is 30.7. The van der Waals surface area contributed by atoms with Gasteiger partial charge in [-0.3, -0.25) is 14.3 Å². The van der Waals surface area contributed by atoms with Crippen LogP contribution in [-0.2, 0) is 21.4 Å². The smallest absolute Gasteiger partial charge is 0.256 e. The number of carbonyl (C=O) groups is 2. The summed E-state index contributed by atoms with van der Waals surface area (Å²) < 4.78 is 8.22. The zero-order chi connectivity index (χ0) is 27.9. The Morgan fingerprint density at radius 2 is 1.70 bits per heavy atom. The van der Waals surface area contributed by atoms with Crippen LogP contribution in [0.2, 0.25) is 0 Å². The molecule has 2 aliphatic heterocycles. The number of carbonyl (C=O) groups excluding carboxylic acids is 2. The number of hydrogen-bond donors (Lipinski definition) is 0. The van der Waals surface area contributed by atoms with Gasteiger partial charge in [-0.15, -0.1) is 0 Å². The molecule has 0 bridgehead atoms. The van der Waals surface area contributed by atoms with Crippen molar-refractivity contribution < 1.29 is 14.3 Å². The van der Waals surface area contributed by atoms with Crippen LogP contribution < -0.4 is 9.80 Å². The molecule has 2 aromatic carbocycles. The van der Waals surface area contributed by atoms with Crippen LogP contribution in [0.4, 0.5) is 11.4 Å². The van der Waals surface area contributed by atoms with E-state index in [9.17, 15) is 9.59 Å². The Labute approximate surface area is 237 Å². The van der Waals surface area contributed by atoms with Gasteiger partial charge in [0.1, 0.15) is 6.10 Å². The number of nitrogens with zero attached hydrogens (tertiary/aromatic N) is 4. The number of fused-ring (bicyclic) bond motifs is 2. The molecule has 7 nitrogen and oxygen atoms in total. The highest BCUT2D eigenvalue weighted by molar-refractivity contribution is 6.07. The molecule has 2 amide bonds. The largest absolute Gasteiger partial charge is 0.368 e. The molecule has 1 spiro atoms. The summed E-state index contributed by atoms with van der Waals surface area (Å²) in [5.74, 6) is 0.0162. The quantitative estimate of drug-likeness (QED) is 0.365. The standard InChI is InChI=1S/C33H42N4O3/c1-23-21-36(32(39)31-19-33(22-40-31)16-9-7-5-4-6-8-10-17-33)30-18-25(14-15-29(30)37(23)24(2)38)26-12-11-13-28-27(26)20-34-35(28)3/h11-15,18,20,23,31H,4-10,16-17,19,21-22H2,1-3H3/t23-,31?/m0/s1. The molecule has 1 saturated carbocycles. The molecule has 7 heteroatoms. The van der Waals surface area contributed by atoms with Gasteiger partial charge >= 0.3 is 0 Å². The van der Waals surface area contributed by atoms with Gasteiger partial charge in [-0.1, -0.05) is 63.1 Å². The monoisotopic (exact) mass is 542 g/mol. The van der Waals surface area contributed by atoms with Gasteiger partial charge in [0.15, 0.2) is 0 Å². The number of aryl methyl sites for hydroxylation is 1. The van der Waals surface area contributed by atoms with Crippen molar-refractivity contribution in [1.29, 1.82) is 0 Å². The fourth-order valence-corrected chi connectivity index (χ4v) is 7.39. The van der Waals surface area contributed by atoms with E-state index in [-0.39, 0.29) is 23.3 Å². The number of benzene rings is 2. The highest BCUT2D eigenvalue weighted by Gasteiger charge is 2.45. The van der Waals surface area contributed by atoms with Gasteiger partial charge in [-0.05, 0) is 60.9 Å². The van der Waals surface area contributed by atoms with Gasteiger partial charge in [-0.2, -0.15) is 5.10 Å². The second-order valence-electron chi connectivity index (χ2n) is 12.4. The molecular formula is C33H42N4O3. The maximum absolute atomic E-state index is 14.2. The Kier molecular flexibility index (Phi) is 7.43. The van der Waals surface area contributed by atoms with E-state index in [2.05, 4.69) is 29.4 Å². The van der Waals surface area contributed by atoms with Crippen molar-refractivity contribution in [3.63, 3.8) is 0 Å². The van der Waals surface area contributed by atoms with E-state index in [4.69, 9.17) is 4.74 Å². The van der Waals surface area contributed by atoms with Crippen LogP contribution in [0.5, 0.6) is 0 Å². The van der Waals surface area contributed by atoms with Crippen LogP contribution in [-0.4, -0.2) is 46.9 Å². The molecule has 6 rings (SSSR count). The zero-order valence-corrected chi connectivity index (χ0v) is 24.2. The second-order valence-corrected chi connectivity index (χ2v) is 12.4. The summed E-state index contributed by atoms with van der Waals surface area (Å²) in [6.07, 6.45) is 13.6. The van der Waals surface area contributed by atoms with Crippen molar-refractivity contribution in [3.8, 4) is 11.1 Å². The average molecular weight is 543 g/mol. The van der Waals surface area contributed by atoms with Gasteiger partial charge in [0.25, 0.3) is 5.91 Å². The first-order chi connectivity index (χ1) is 19.4. The van der Waals surface area contributed by atoms with E-state index in [1.54, 1.807) is 6.92 Å². The molecule has 0 radical (unpaired) electrons. The maximum atomic E-state index is 14.2. The number of amides is 2. The van der Waals surface area contributed by atoms with Crippen molar-refractivity contribution in [3.05, 3.63) is 42.6 Å². The van der Waals surface area contributed by atoms with Crippen LogP contribution in [0.25, 0.3) is 22.0 Å². The Morgan fingerprint density at radius 3 is 2.42 bits per heavy atom. The first-order valence-corrected chi connectivity index (χ1v) is 15.1. The lowest BCUT2D eigenvalue weighted by molar-refractivity contribution is -0.127. The normalized spacial score (nSPS) is 23.4. The lowest BCUT2D eigenvalue weighted by atomic mass is 9.75.